The third-order valence-corrected chi connectivity index (χ3v) is 4.47. The van der Waals surface area contributed by atoms with Gasteiger partial charge >= 0.3 is 0 Å². The minimum absolute atomic E-state index is 0.0606. The van der Waals surface area contributed by atoms with Gasteiger partial charge in [-0.3, -0.25) is 9.48 Å². The minimum atomic E-state index is -0.0687. The Balaban J connectivity index is 2.19. The highest BCUT2D eigenvalue weighted by molar-refractivity contribution is 7.10. The van der Waals surface area contributed by atoms with Gasteiger partial charge in [0.1, 0.15) is 5.69 Å². The average Bonchev–Trinajstić information content (AvgIpc) is 3.03. The van der Waals surface area contributed by atoms with E-state index in [1.54, 1.807) is 16.0 Å². The van der Waals surface area contributed by atoms with Crippen molar-refractivity contribution in [2.45, 2.75) is 45.6 Å². The van der Waals surface area contributed by atoms with Crippen molar-refractivity contribution in [3.63, 3.8) is 0 Å². The maximum atomic E-state index is 12.5. The zero-order chi connectivity index (χ0) is 15.6. The van der Waals surface area contributed by atoms with Crippen LogP contribution in [0.3, 0.4) is 0 Å². The number of aryl methyl sites for hydroxylation is 1. The largest absolute Gasteiger partial charge is 0.343 e. The van der Waals surface area contributed by atoms with Gasteiger partial charge in [0, 0.05) is 17.3 Å². The second kappa shape index (κ2) is 6.02. The second-order valence-corrected chi connectivity index (χ2v) is 7.22. The highest BCUT2D eigenvalue weighted by Crippen LogP contribution is 2.24. The molecule has 1 atom stereocenters. The Hall–Kier alpha value is -1.62. The number of amides is 1. The van der Waals surface area contributed by atoms with Crippen molar-refractivity contribution in [1.29, 1.82) is 0 Å². The van der Waals surface area contributed by atoms with Gasteiger partial charge in [-0.2, -0.15) is 5.10 Å². The number of thiophene rings is 1. The zero-order valence-electron chi connectivity index (χ0n) is 13.3. The second-order valence-electron chi connectivity index (χ2n) is 6.24. The lowest BCUT2D eigenvalue weighted by atomic mass is 9.92. The summed E-state index contributed by atoms with van der Waals surface area (Å²) in [7, 11) is 1.82. The molecule has 2 heterocycles. The smallest absolute Gasteiger partial charge is 0.270 e. The Morgan fingerprint density at radius 2 is 2.19 bits per heavy atom. The molecule has 0 aliphatic rings. The van der Waals surface area contributed by atoms with Crippen LogP contribution in [0.4, 0.5) is 0 Å². The van der Waals surface area contributed by atoms with E-state index in [4.69, 9.17) is 0 Å². The number of nitrogens with zero attached hydrogens (tertiary/aromatic N) is 2. The zero-order valence-corrected chi connectivity index (χ0v) is 14.1. The van der Waals surface area contributed by atoms with Crippen molar-refractivity contribution in [3.8, 4) is 0 Å². The summed E-state index contributed by atoms with van der Waals surface area (Å²) in [4.78, 5) is 13.7. The molecular weight excluding hydrogens is 282 g/mol. The summed E-state index contributed by atoms with van der Waals surface area (Å²) in [5.74, 6) is -0.0687. The standard InChI is InChI=1S/C16H23N3OS/c1-6-11(13-8-7-9-21-13)17-15(20)12-10-14(16(2,3)4)18-19(12)5/h7-11H,6H2,1-5H3,(H,17,20). The Morgan fingerprint density at radius 3 is 2.67 bits per heavy atom. The van der Waals surface area contributed by atoms with E-state index in [0.29, 0.717) is 5.69 Å². The summed E-state index contributed by atoms with van der Waals surface area (Å²) < 4.78 is 1.66. The van der Waals surface area contributed by atoms with Crippen molar-refractivity contribution in [2.24, 2.45) is 7.05 Å². The topological polar surface area (TPSA) is 46.9 Å². The first-order valence-corrected chi connectivity index (χ1v) is 8.09. The van der Waals surface area contributed by atoms with Gasteiger partial charge in [-0.1, -0.05) is 33.8 Å². The van der Waals surface area contributed by atoms with Crippen LogP contribution in [0.25, 0.3) is 0 Å². The van der Waals surface area contributed by atoms with Crippen LogP contribution in [0.2, 0.25) is 0 Å². The van der Waals surface area contributed by atoms with E-state index in [2.05, 4.69) is 44.2 Å². The first-order valence-electron chi connectivity index (χ1n) is 7.21. The van der Waals surface area contributed by atoms with Crippen molar-refractivity contribution in [1.82, 2.24) is 15.1 Å². The first kappa shape index (κ1) is 15.8. The van der Waals surface area contributed by atoms with Crippen molar-refractivity contribution in [3.05, 3.63) is 39.8 Å². The van der Waals surface area contributed by atoms with E-state index < -0.39 is 0 Å². The van der Waals surface area contributed by atoms with Crippen LogP contribution in [-0.2, 0) is 12.5 Å². The molecule has 0 radical (unpaired) electrons. The molecule has 5 heteroatoms. The van der Waals surface area contributed by atoms with E-state index in [1.165, 1.54) is 4.88 Å². The fourth-order valence-corrected chi connectivity index (χ4v) is 3.00. The van der Waals surface area contributed by atoms with E-state index in [9.17, 15) is 4.79 Å². The lowest BCUT2D eigenvalue weighted by Crippen LogP contribution is -2.29. The molecule has 1 amide bonds. The Morgan fingerprint density at radius 1 is 1.48 bits per heavy atom. The maximum absolute atomic E-state index is 12.5. The first-order chi connectivity index (χ1) is 9.82. The fourth-order valence-electron chi connectivity index (χ4n) is 2.14. The summed E-state index contributed by atoms with van der Waals surface area (Å²) in [6.07, 6.45) is 0.871. The predicted molar refractivity (Wildman–Crippen MR) is 86.7 cm³/mol. The number of hydrogen-bond donors (Lipinski definition) is 1. The van der Waals surface area contributed by atoms with E-state index in [1.807, 2.05) is 24.6 Å². The third kappa shape index (κ3) is 3.53. The number of nitrogens with one attached hydrogen (secondary N) is 1. The van der Waals surface area contributed by atoms with Gasteiger partial charge in [0.25, 0.3) is 5.91 Å². The molecule has 4 nitrogen and oxygen atoms in total. The summed E-state index contributed by atoms with van der Waals surface area (Å²) in [5, 5.41) is 9.59. The Kier molecular flexibility index (Phi) is 4.52. The quantitative estimate of drug-likeness (QED) is 0.937. The van der Waals surface area contributed by atoms with E-state index >= 15 is 0 Å². The SMILES string of the molecule is CCC(NC(=O)c1cc(C(C)(C)C)nn1C)c1cccs1. The van der Waals surface area contributed by atoms with Crippen LogP contribution in [-0.4, -0.2) is 15.7 Å². The van der Waals surface area contributed by atoms with Crippen LogP contribution in [0.1, 0.15) is 61.2 Å². The molecule has 0 aromatic carbocycles. The molecule has 2 aromatic rings. The van der Waals surface area contributed by atoms with Gasteiger partial charge in [0.2, 0.25) is 0 Å². The van der Waals surface area contributed by atoms with Gasteiger partial charge in [-0.05, 0) is 23.9 Å². The molecule has 0 spiro atoms. The highest BCUT2D eigenvalue weighted by atomic mass is 32.1. The lowest BCUT2D eigenvalue weighted by Gasteiger charge is -2.15. The molecule has 1 unspecified atom stereocenters. The van der Waals surface area contributed by atoms with Crippen molar-refractivity contribution in [2.75, 3.05) is 0 Å². The molecule has 114 valence electrons. The van der Waals surface area contributed by atoms with E-state index in [0.717, 1.165) is 12.1 Å². The predicted octanol–water partition coefficient (Wildman–Crippen LogP) is 3.66. The van der Waals surface area contributed by atoms with Crippen LogP contribution in [0, 0.1) is 0 Å². The molecule has 0 saturated carbocycles. The summed E-state index contributed by atoms with van der Waals surface area (Å²) >= 11 is 1.67. The molecule has 1 N–H and O–H groups in total. The molecule has 2 rings (SSSR count). The van der Waals surface area contributed by atoms with Crippen molar-refractivity contribution >= 4 is 17.2 Å². The van der Waals surface area contributed by atoms with Gasteiger partial charge in [0.05, 0.1) is 11.7 Å². The van der Waals surface area contributed by atoms with Gasteiger partial charge < -0.3 is 5.32 Å². The molecular formula is C16H23N3OS. The summed E-state index contributed by atoms with van der Waals surface area (Å²) in [6, 6.07) is 6.02. The number of carbonyl (C=O) groups is 1. The molecule has 0 bridgehead atoms. The Labute approximate surface area is 130 Å². The highest BCUT2D eigenvalue weighted by Gasteiger charge is 2.23. The van der Waals surface area contributed by atoms with Gasteiger partial charge in [-0.15, -0.1) is 11.3 Å². The molecule has 0 aliphatic heterocycles. The van der Waals surface area contributed by atoms with Crippen LogP contribution in [0.5, 0.6) is 0 Å². The minimum Gasteiger partial charge on any atom is -0.343 e. The molecule has 0 fully saturated rings. The maximum Gasteiger partial charge on any atom is 0.270 e. The monoisotopic (exact) mass is 305 g/mol. The van der Waals surface area contributed by atoms with Crippen LogP contribution >= 0.6 is 11.3 Å². The lowest BCUT2D eigenvalue weighted by molar-refractivity contribution is 0.0926. The molecule has 2 aromatic heterocycles. The summed E-state index contributed by atoms with van der Waals surface area (Å²) in [6.45, 7) is 8.36. The Bertz CT molecular complexity index is 608. The number of hydrogen-bond acceptors (Lipinski definition) is 3. The third-order valence-electron chi connectivity index (χ3n) is 3.48. The number of carbonyl (C=O) groups excluding carboxylic acids is 1. The average molecular weight is 305 g/mol. The van der Waals surface area contributed by atoms with Crippen molar-refractivity contribution < 1.29 is 4.79 Å². The molecule has 0 saturated heterocycles. The fraction of sp³-hybridized carbons (Fsp3) is 0.500. The van der Waals surface area contributed by atoms with Crippen LogP contribution < -0.4 is 5.32 Å². The number of rotatable bonds is 4. The van der Waals surface area contributed by atoms with Crippen LogP contribution in [0.15, 0.2) is 23.6 Å². The summed E-state index contributed by atoms with van der Waals surface area (Å²) in [5.41, 5.74) is 1.48. The van der Waals surface area contributed by atoms with E-state index in [-0.39, 0.29) is 17.4 Å². The normalized spacial score (nSPS) is 13.2. The van der Waals surface area contributed by atoms with Gasteiger partial charge in [0.15, 0.2) is 0 Å². The van der Waals surface area contributed by atoms with Gasteiger partial charge in [-0.25, -0.2) is 0 Å². The number of aromatic nitrogens is 2. The molecule has 21 heavy (non-hydrogen) atoms. The molecule has 0 aliphatic carbocycles.